The van der Waals surface area contributed by atoms with Crippen LogP contribution in [-0.2, 0) is 0 Å². The number of hydrogen-bond acceptors (Lipinski definition) is 3. The number of pyridine rings is 1. The molecule has 0 bridgehead atoms. The van der Waals surface area contributed by atoms with Crippen LogP contribution in [0.15, 0.2) is 18.3 Å². The molecule has 1 aromatic heterocycles. The molecule has 0 aromatic carbocycles. The van der Waals surface area contributed by atoms with Gasteiger partial charge in [0.25, 0.3) is 5.91 Å². The maximum Gasteiger partial charge on any atom is 0.338 e. The number of aromatic nitrogens is 1. The van der Waals surface area contributed by atoms with Crippen molar-refractivity contribution in [2.45, 2.75) is 6.92 Å². The Hall–Kier alpha value is -2.35. The van der Waals surface area contributed by atoms with Crippen molar-refractivity contribution in [3.8, 4) is 12.3 Å². The molecule has 0 atom stereocenters. The highest BCUT2D eigenvalue weighted by Gasteiger charge is 2.21. The van der Waals surface area contributed by atoms with Gasteiger partial charge in [-0.25, -0.2) is 4.79 Å². The highest BCUT2D eigenvalue weighted by atomic mass is 16.4. The van der Waals surface area contributed by atoms with Crippen LogP contribution in [0.3, 0.4) is 0 Å². The molecule has 5 nitrogen and oxygen atoms in total. The van der Waals surface area contributed by atoms with Gasteiger partial charge in [0.2, 0.25) is 0 Å². The Kier molecular flexibility index (Phi) is 4.23. The van der Waals surface area contributed by atoms with Gasteiger partial charge in [-0.1, -0.05) is 5.92 Å². The van der Waals surface area contributed by atoms with Crippen molar-refractivity contribution in [2.75, 3.05) is 13.1 Å². The van der Waals surface area contributed by atoms with Crippen LogP contribution in [0, 0.1) is 12.3 Å². The fourth-order valence-corrected chi connectivity index (χ4v) is 1.34. The van der Waals surface area contributed by atoms with E-state index in [0.717, 1.165) is 0 Å². The fourth-order valence-electron chi connectivity index (χ4n) is 1.34. The minimum atomic E-state index is -1.18. The van der Waals surface area contributed by atoms with Gasteiger partial charge in [0.1, 0.15) is 5.69 Å². The number of hydrogen-bond donors (Lipinski definition) is 1. The van der Waals surface area contributed by atoms with Crippen LogP contribution >= 0.6 is 0 Å². The molecule has 1 heterocycles. The number of carboxylic acid groups (broad SMARTS) is 1. The van der Waals surface area contributed by atoms with E-state index in [4.69, 9.17) is 11.5 Å². The van der Waals surface area contributed by atoms with Crippen molar-refractivity contribution in [3.05, 3.63) is 29.6 Å². The molecule has 88 valence electrons. The number of carbonyl (C=O) groups excluding carboxylic acids is 1. The number of carbonyl (C=O) groups is 2. The Morgan fingerprint density at radius 1 is 1.59 bits per heavy atom. The second-order valence-corrected chi connectivity index (χ2v) is 3.23. The van der Waals surface area contributed by atoms with Gasteiger partial charge in [-0.3, -0.25) is 9.78 Å². The van der Waals surface area contributed by atoms with Crippen LogP contribution in [-0.4, -0.2) is 40.0 Å². The summed E-state index contributed by atoms with van der Waals surface area (Å²) in [4.78, 5) is 28.1. The molecule has 0 spiro atoms. The fraction of sp³-hybridized carbons (Fsp3) is 0.250. The molecular weight excluding hydrogens is 220 g/mol. The average Bonchev–Trinajstić information content (AvgIpc) is 2.35. The van der Waals surface area contributed by atoms with E-state index in [1.807, 2.05) is 0 Å². The lowest BCUT2D eigenvalue weighted by atomic mass is 10.1. The largest absolute Gasteiger partial charge is 0.478 e. The average molecular weight is 232 g/mol. The molecule has 5 heteroatoms. The molecule has 0 saturated carbocycles. The molecule has 1 rings (SSSR count). The molecule has 0 aliphatic rings. The van der Waals surface area contributed by atoms with E-state index in [0.29, 0.717) is 6.54 Å². The van der Waals surface area contributed by atoms with Crippen molar-refractivity contribution in [2.24, 2.45) is 0 Å². The van der Waals surface area contributed by atoms with E-state index in [-0.39, 0.29) is 17.8 Å². The van der Waals surface area contributed by atoms with Gasteiger partial charge in [0.15, 0.2) is 0 Å². The van der Waals surface area contributed by atoms with Gasteiger partial charge in [-0.05, 0) is 19.1 Å². The summed E-state index contributed by atoms with van der Waals surface area (Å²) in [5.74, 6) is 0.697. The van der Waals surface area contributed by atoms with Crippen LogP contribution in [0.25, 0.3) is 0 Å². The summed E-state index contributed by atoms with van der Waals surface area (Å²) in [6.45, 7) is 2.29. The first-order chi connectivity index (χ1) is 8.11. The summed E-state index contributed by atoms with van der Waals surface area (Å²) in [5.41, 5.74) is -0.204. The minimum Gasteiger partial charge on any atom is -0.478 e. The smallest absolute Gasteiger partial charge is 0.338 e. The second kappa shape index (κ2) is 5.66. The van der Waals surface area contributed by atoms with Gasteiger partial charge in [-0.2, -0.15) is 0 Å². The Labute approximate surface area is 99.1 Å². The number of rotatable bonds is 4. The highest BCUT2D eigenvalue weighted by Crippen LogP contribution is 2.08. The standard InChI is InChI=1S/C12H12N2O3/c1-3-8-14(4-2)11(15)10-9(12(16)17)6-5-7-13-10/h1,5-7H,4,8H2,2H3,(H,16,17). The van der Waals surface area contributed by atoms with Crippen molar-refractivity contribution in [1.29, 1.82) is 0 Å². The quantitative estimate of drug-likeness (QED) is 0.782. The van der Waals surface area contributed by atoms with E-state index in [1.165, 1.54) is 23.2 Å². The third-order valence-electron chi connectivity index (χ3n) is 2.19. The van der Waals surface area contributed by atoms with Gasteiger partial charge >= 0.3 is 5.97 Å². The Balaban J connectivity index is 3.12. The lowest BCUT2D eigenvalue weighted by Gasteiger charge is -2.18. The van der Waals surface area contributed by atoms with Crippen molar-refractivity contribution < 1.29 is 14.7 Å². The van der Waals surface area contributed by atoms with Crippen LogP contribution < -0.4 is 0 Å². The molecule has 0 fully saturated rings. The normalized spacial score (nSPS) is 9.41. The van der Waals surface area contributed by atoms with E-state index in [2.05, 4.69) is 10.9 Å². The zero-order valence-electron chi connectivity index (χ0n) is 9.38. The summed E-state index contributed by atoms with van der Waals surface area (Å²) in [6.07, 6.45) is 6.52. The van der Waals surface area contributed by atoms with Crippen LogP contribution in [0.5, 0.6) is 0 Å². The van der Waals surface area contributed by atoms with Crippen molar-refractivity contribution >= 4 is 11.9 Å². The molecule has 1 aromatic rings. The molecule has 0 aliphatic heterocycles. The van der Waals surface area contributed by atoms with E-state index < -0.39 is 11.9 Å². The summed E-state index contributed by atoms with van der Waals surface area (Å²) < 4.78 is 0. The first-order valence-electron chi connectivity index (χ1n) is 5.02. The molecule has 1 amide bonds. The van der Waals surface area contributed by atoms with Crippen LogP contribution in [0.2, 0.25) is 0 Å². The third-order valence-corrected chi connectivity index (χ3v) is 2.19. The summed E-state index contributed by atoms with van der Waals surface area (Å²) in [5, 5.41) is 8.95. The van der Waals surface area contributed by atoms with Crippen molar-refractivity contribution in [3.63, 3.8) is 0 Å². The molecule has 17 heavy (non-hydrogen) atoms. The molecular formula is C12H12N2O3. The van der Waals surface area contributed by atoms with E-state index in [9.17, 15) is 9.59 Å². The van der Waals surface area contributed by atoms with Crippen molar-refractivity contribution in [1.82, 2.24) is 9.88 Å². The zero-order valence-corrected chi connectivity index (χ0v) is 9.38. The summed E-state index contributed by atoms with van der Waals surface area (Å²) >= 11 is 0. The first-order valence-corrected chi connectivity index (χ1v) is 5.02. The molecule has 1 N–H and O–H groups in total. The lowest BCUT2D eigenvalue weighted by Crippen LogP contribution is -2.33. The maximum atomic E-state index is 12.0. The monoisotopic (exact) mass is 232 g/mol. The number of aromatic carboxylic acids is 1. The number of amides is 1. The Bertz CT molecular complexity index is 477. The van der Waals surface area contributed by atoms with Gasteiger partial charge in [0, 0.05) is 12.7 Å². The van der Waals surface area contributed by atoms with Crippen LogP contribution in [0.1, 0.15) is 27.8 Å². The van der Waals surface area contributed by atoms with Gasteiger partial charge in [0.05, 0.1) is 12.1 Å². The number of carboxylic acids is 1. The molecule has 0 unspecified atom stereocenters. The second-order valence-electron chi connectivity index (χ2n) is 3.23. The number of nitrogens with zero attached hydrogens (tertiary/aromatic N) is 2. The summed E-state index contributed by atoms with van der Waals surface area (Å²) in [6, 6.07) is 2.81. The van der Waals surface area contributed by atoms with Gasteiger partial charge < -0.3 is 10.0 Å². The molecule has 0 aliphatic carbocycles. The Morgan fingerprint density at radius 3 is 2.82 bits per heavy atom. The topological polar surface area (TPSA) is 70.5 Å². The Morgan fingerprint density at radius 2 is 2.29 bits per heavy atom. The molecule has 0 saturated heterocycles. The zero-order chi connectivity index (χ0) is 12.8. The highest BCUT2D eigenvalue weighted by molar-refractivity contribution is 6.03. The molecule has 0 radical (unpaired) electrons. The minimum absolute atomic E-state index is 0.0860. The predicted molar refractivity (Wildman–Crippen MR) is 61.6 cm³/mol. The first kappa shape index (κ1) is 12.7. The number of terminal acetylenes is 1. The van der Waals surface area contributed by atoms with Gasteiger partial charge in [-0.15, -0.1) is 6.42 Å². The SMILES string of the molecule is C#CCN(CC)C(=O)c1ncccc1C(=O)O. The predicted octanol–water partition coefficient (Wildman–Crippen LogP) is 0.875. The van der Waals surface area contributed by atoms with Crippen LogP contribution in [0.4, 0.5) is 0 Å². The van der Waals surface area contributed by atoms with E-state index in [1.54, 1.807) is 6.92 Å². The lowest BCUT2D eigenvalue weighted by molar-refractivity contribution is 0.0677. The summed E-state index contributed by atoms with van der Waals surface area (Å²) in [7, 11) is 0. The van der Waals surface area contributed by atoms with E-state index >= 15 is 0 Å². The third kappa shape index (κ3) is 2.82. The maximum absolute atomic E-state index is 12.0.